The fraction of sp³-hybridized carbons (Fsp3) is 0.171. The Balaban J connectivity index is 1.42. The summed E-state index contributed by atoms with van der Waals surface area (Å²) >= 11 is 1.92. The maximum absolute atomic E-state index is 7.55. The zero-order valence-electron chi connectivity index (χ0n) is 24.8. The predicted molar refractivity (Wildman–Crippen MR) is 180 cm³/mol. The maximum Gasteiger partial charge on any atom is 0.0868 e. The summed E-state index contributed by atoms with van der Waals surface area (Å²) in [4.78, 5) is 2.65. The molecule has 2 unspecified atom stereocenters. The lowest BCUT2D eigenvalue weighted by Gasteiger charge is -2.43. The zero-order chi connectivity index (χ0) is 29.4. The number of fused-ring (bicyclic) bond motifs is 7. The van der Waals surface area contributed by atoms with Crippen molar-refractivity contribution in [2.45, 2.75) is 52.8 Å². The maximum atomic E-state index is 7.55. The average molecular weight is 574 g/mol. The minimum Gasteiger partial charge on any atom is -0.314 e. The van der Waals surface area contributed by atoms with Crippen molar-refractivity contribution in [2.24, 2.45) is 5.73 Å². The largest absolute Gasteiger partial charge is 0.314 e. The first-order chi connectivity index (χ1) is 20.8. The first-order valence-corrected chi connectivity index (χ1v) is 16.0. The van der Waals surface area contributed by atoms with Crippen LogP contribution in [-0.4, -0.2) is 0 Å². The molecular weight excluding hydrogens is 539 g/mol. The van der Waals surface area contributed by atoms with Gasteiger partial charge in [-0.25, -0.2) is 0 Å². The Morgan fingerprint density at radius 3 is 2.02 bits per heavy atom. The van der Waals surface area contributed by atoms with Crippen LogP contribution in [0.5, 0.6) is 0 Å². The molecule has 1 heterocycles. The van der Waals surface area contributed by atoms with E-state index in [1.54, 1.807) is 0 Å². The molecule has 1 nitrogen and oxygen atoms in total. The van der Waals surface area contributed by atoms with Crippen molar-refractivity contribution in [1.82, 2.24) is 0 Å². The van der Waals surface area contributed by atoms with Gasteiger partial charge in [-0.05, 0) is 68.3 Å². The normalized spacial score (nSPS) is 24.6. The van der Waals surface area contributed by atoms with Gasteiger partial charge in [-0.3, -0.25) is 0 Å². The molecule has 0 amide bonds. The number of hydrogen-bond acceptors (Lipinski definition) is 2. The molecule has 210 valence electrons. The molecule has 0 saturated carbocycles. The lowest BCUT2D eigenvalue weighted by atomic mass is 9.58. The fourth-order valence-electron chi connectivity index (χ4n) is 8.13. The van der Waals surface area contributed by atoms with Crippen LogP contribution in [0.1, 0.15) is 65.6 Å². The Labute approximate surface area is 259 Å². The lowest BCUT2D eigenvalue weighted by molar-refractivity contribution is 0.275. The van der Waals surface area contributed by atoms with Crippen LogP contribution < -0.4 is 5.73 Å². The zero-order valence-corrected chi connectivity index (χ0v) is 25.7. The van der Waals surface area contributed by atoms with E-state index in [0.717, 1.165) is 16.7 Å². The Morgan fingerprint density at radius 1 is 0.628 bits per heavy atom. The lowest BCUT2D eigenvalue weighted by Crippen LogP contribution is -2.42. The van der Waals surface area contributed by atoms with Crippen molar-refractivity contribution >= 4 is 22.9 Å². The van der Waals surface area contributed by atoms with Crippen molar-refractivity contribution in [2.75, 3.05) is 0 Å². The molecular formula is C41H35NS. The third-order valence-electron chi connectivity index (χ3n) is 10.6. The van der Waals surface area contributed by atoms with Gasteiger partial charge in [0.15, 0.2) is 0 Å². The van der Waals surface area contributed by atoms with E-state index in [1.807, 2.05) is 11.8 Å². The van der Waals surface area contributed by atoms with Crippen molar-refractivity contribution in [1.29, 1.82) is 0 Å². The molecule has 0 radical (unpaired) electrons. The summed E-state index contributed by atoms with van der Waals surface area (Å²) in [5.74, 6) is 0.220. The van der Waals surface area contributed by atoms with Crippen LogP contribution in [0.2, 0.25) is 0 Å². The van der Waals surface area contributed by atoms with Gasteiger partial charge in [0, 0.05) is 26.5 Å². The van der Waals surface area contributed by atoms with Crippen LogP contribution in [0.15, 0.2) is 149 Å². The molecule has 43 heavy (non-hydrogen) atoms. The first kappa shape index (κ1) is 26.5. The highest BCUT2D eigenvalue weighted by atomic mass is 32.2. The minimum absolute atomic E-state index is 0.0567. The van der Waals surface area contributed by atoms with Crippen molar-refractivity contribution in [3.8, 4) is 0 Å². The molecule has 0 aromatic heterocycles. The van der Waals surface area contributed by atoms with Gasteiger partial charge in [-0.2, -0.15) is 0 Å². The molecule has 1 aliphatic heterocycles. The molecule has 5 aromatic rings. The second-order valence-electron chi connectivity index (χ2n) is 12.9. The van der Waals surface area contributed by atoms with Crippen molar-refractivity contribution < 1.29 is 0 Å². The van der Waals surface area contributed by atoms with Gasteiger partial charge in [-0.1, -0.05) is 154 Å². The number of allylic oxidation sites excluding steroid dienone is 2. The predicted octanol–water partition coefficient (Wildman–Crippen LogP) is 9.87. The monoisotopic (exact) mass is 573 g/mol. The Kier molecular flexibility index (Phi) is 5.82. The summed E-state index contributed by atoms with van der Waals surface area (Å²) in [7, 11) is 0. The van der Waals surface area contributed by atoms with Crippen LogP contribution in [0.4, 0.5) is 0 Å². The van der Waals surface area contributed by atoms with E-state index in [2.05, 4.69) is 160 Å². The number of rotatable bonds is 3. The highest BCUT2D eigenvalue weighted by Crippen LogP contribution is 2.66. The first-order valence-electron chi connectivity index (χ1n) is 15.2. The summed E-state index contributed by atoms with van der Waals surface area (Å²) in [5.41, 5.74) is 18.1. The second-order valence-corrected chi connectivity index (χ2v) is 14.0. The van der Waals surface area contributed by atoms with Crippen LogP contribution >= 0.6 is 11.8 Å². The summed E-state index contributed by atoms with van der Waals surface area (Å²) in [5, 5.41) is 0. The highest BCUT2D eigenvalue weighted by Gasteiger charge is 2.58. The van der Waals surface area contributed by atoms with Gasteiger partial charge in [0.1, 0.15) is 0 Å². The van der Waals surface area contributed by atoms with E-state index in [0.29, 0.717) is 0 Å². The highest BCUT2D eigenvalue weighted by molar-refractivity contribution is 7.99. The molecule has 2 N–H and O–H groups in total. The second kappa shape index (κ2) is 9.44. The Morgan fingerprint density at radius 2 is 1.26 bits per heavy atom. The van der Waals surface area contributed by atoms with Gasteiger partial charge in [-0.15, -0.1) is 0 Å². The topological polar surface area (TPSA) is 26.0 Å². The van der Waals surface area contributed by atoms with E-state index in [1.165, 1.54) is 43.2 Å². The van der Waals surface area contributed by atoms with E-state index in [4.69, 9.17) is 5.73 Å². The van der Waals surface area contributed by atoms with E-state index in [-0.39, 0.29) is 16.7 Å². The fourth-order valence-corrected chi connectivity index (χ4v) is 9.48. The van der Waals surface area contributed by atoms with Gasteiger partial charge in [0.2, 0.25) is 0 Å². The van der Waals surface area contributed by atoms with E-state index in [9.17, 15) is 0 Å². The Hall–Kier alpha value is -4.11. The number of hydrogen-bond donors (Lipinski definition) is 1. The minimum atomic E-state index is -0.760. The van der Waals surface area contributed by atoms with E-state index < -0.39 is 5.54 Å². The van der Waals surface area contributed by atoms with Gasteiger partial charge < -0.3 is 5.73 Å². The van der Waals surface area contributed by atoms with E-state index >= 15 is 0 Å². The molecule has 8 rings (SSSR count). The summed E-state index contributed by atoms with van der Waals surface area (Å²) < 4.78 is 0. The molecule has 3 aliphatic rings. The molecule has 2 aliphatic carbocycles. The van der Waals surface area contributed by atoms with Gasteiger partial charge in [0.25, 0.3) is 0 Å². The van der Waals surface area contributed by atoms with Crippen LogP contribution in [0.25, 0.3) is 11.1 Å². The molecule has 0 saturated heterocycles. The van der Waals surface area contributed by atoms with Crippen LogP contribution in [0.3, 0.4) is 0 Å². The third-order valence-corrected chi connectivity index (χ3v) is 11.8. The summed E-state index contributed by atoms with van der Waals surface area (Å²) in [6.07, 6.45) is 4.60. The SMILES string of the molecule is CC1(C)c2ccccc2C2c3cccc(C4=CC(c5ccccc5)=C[C@@]4(N)c4ccccc4)c3Sc3ccccc3C21C. The molecule has 0 fully saturated rings. The Bertz CT molecular complexity index is 1950. The average Bonchev–Trinajstić information content (AvgIpc) is 3.44. The van der Waals surface area contributed by atoms with Crippen LogP contribution in [-0.2, 0) is 16.4 Å². The van der Waals surface area contributed by atoms with Gasteiger partial charge >= 0.3 is 0 Å². The van der Waals surface area contributed by atoms with Crippen LogP contribution in [0, 0.1) is 0 Å². The summed E-state index contributed by atoms with van der Waals surface area (Å²) in [6.45, 7) is 7.38. The standard InChI is InChI=1S/C41H35NS/c1-39(2)33-22-11-10-19-30(33)37-32-21-14-20-31(38(32)43-36-24-13-12-23-34(36)40(37,39)3)35-25-28(27-15-6-4-7-16-27)26-41(35,42)29-17-8-5-9-18-29/h4-26,37H,42H2,1-3H3/t37?,40?,41-/m1/s1. The number of benzene rings is 5. The smallest absolute Gasteiger partial charge is 0.0868 e. The molecule has 3 atom stereocenters. The quantitative estimate of drug-likeness (QED) is 0.232. The molecule has 0 spiro atoms. The van der Waals surface area contributed by atoms with Gasteiger partial charge in [0.05, 0.1) is 5.54 Å². The number of nitrogens with two attached hydrogens (primary N) is 1. The molecule has 5 aromatic carbocycles. The molecule has 0 bridgehead atoms. The molecule has 2 heteroatoms. The third kappa shape index (κ3) is 3.63. The van der Waals surface area contributed by atoms with Crippen molar-refractivity contribution in [3.05, 3.63) is 178 Å². The summed E-state index contributed by atoms with van der Waals surface area (Å²) in [6, 6.07) is 46.3. The van der Waals surface area contributed by atoms with Crippen molar-refractivity contribution in [3.63, 3.8) is 0 Å².